The Labute approximate surface area is 187 Å². The third-order valence-electron chi connectivity index (χ3n) is 4.91. The van der Waals surface area contributed by atoms with E-state index in [0.717, 1.165) is 21.4 Å². The van der Waals surface area contributed by atoms with Gasteiger partial charge in [0.1, 0.15) is 5.82 Å². The molecule has 0 unspecified atom stereocenters. The van der Waals surface area contributed by atoms with E-state index in [1.807, 2.05) is 32.0 Å². The highest BCUT2D eigenvalue weighted by atomic mass is 32.1. The molecule has 9 heteroatoms. The van der Waals surface area contributed by atoms with Crippen molar-refractivity contribution in [3.05, 3.63) is 65.8 Å². The van der Waals surface area contributed by atoms with Gasteiger partial charge in [0.25, 0.3) is 6.43 Å². The summed E-state index contributed by atoms with van der Waals surface area (Å²) in [6.45, 7) is 6.90. The third kappa shape index (κ3) is 4.52. The van der Waals surface area contributed by atoms with Gasteiger partial charge in [-0.05, 0) is 37.6 Å². The van der Waals surface area contributed by atoms with Gasteiger partial charge >= 0.3 is 0 Å². The lowest BCUT2D eigenvalue weighted by Crippen LogP contribution is -2.08. The van der Waals surface area contributed by atoms with Crippen LogP contribution in [-0.4, -0.2) is 26.9 Å². The number of anilines is 3. The molecule has 164 valence electrons. The first kappa shape index (κ1) is 21.6. The summed E-state index contributed by atoms with van der Waals surface area (Å²) in [5.41, 5.74) is 3.49. The van der Waals surface area contributed by atoms with E-state index in [-0.39, 0.29) is 5.91 Å². The molecular formula is C23H21F2N5OS. The van der Waals surface area contributed by atoms with E-state index in [2.05, 4.69) is 22.2 Å². The minimum atomic E-state index is -2.49. The zero-order chi connectivity index (χ0) is 22.8. The van der Waals surface area contributed by atoms with Crippen LogP contribution in [0.25, 0.3) is 22.2 Å². The van der Waals surface area contributed by atoms with Crippen LogP contribution < -0.4 is 10.6 Å². The Bertz CT molecular complexity index is 1310. The molecule has 4 aromatic rings. The van der Waals surface area contributed by atoms with Crippen molar-refractivity contribution in [2.45, 2.75) is 26.8 Å². The fourth-order valence-corrected chi connectivity index (χ4v) is 4.06. The van der Waals surface area contributed by atoms with Crippen molar-refractivity contribution < 1.29 is 13.6 Å². The summed E-state index contributed by atoms with van der Waals surface area (Å²) in [5.74, 6) is 0.175. The van der Waals surface area contributed by atoms with Crippen LogP contribution >= 0.6 is 11.3 Å². The number of fused-ring (bicyclic) bond motifs is 1. The predicted molar refractivity (Wildman–Crippen MR) is 125 cm³/mol. The summed E-state index contributed by atoms with van der Waals surface area (Å²) in [4.78, 5) is 21.9. The molecule has 32 heavy (non-hydrogen) atoms. The zero-order valence-electron chi connectivity index (χ0n) is 17.5. The molecule has 0 aliphatic heterocycles. The molecule has 0 aliphatic rings. The Kier molecular flexibility index (Phi) is 6.00. The van der Waals surface area contributed by atoms with Gasteiger partial charge in [-0.15, -0.1) is 11.3 Å². The number of nitrogens with zero attached hydrogens (tertiary/aromatic N) is 3. The number of hydrogen-bond donors (Lipinski definition) is 2. The maximum absolute atomic E-state index is 13.1. The van der Waals surface area contributed by atoms with E-state index in [4.69, 9.17) is 4.98 Å². The predicted octanol–water partition coefficient (Wildman–Crippen LogP) is 5.91. The minimum Gasteiger partial charge on any atom is -0.342 e. The number of aryl methyl sites for hydroxylation is 2. The molecule has 3 aromatic heterocycles. The summed E-state index contributed by atoms with van der Waals surface area (Å²) in [7, 11) is 0. The number of carbonyl (C=O) groups is 1. The fraction of sp³-hybridized carbons (Fsp3) is 0.174. The maximum atomic E-state index is 13.1. The number of rotatable bonds is 7. The number of thiazole rings is 1. The van der Waals surface area contributed by atoms with Crippen LogP contribution in [0.2, 0.25) is 0 Å². The van der Waals surface area contributed by atoms with Crippen molar-refractivity contribution in [2.75, 3.05) is 10.6 Å². The number of aromatic nitrogens is 3. The molecule has 1 aromatic carbocycles. The first-order chi connectivity index (χ1) is 15.3. The molecule has 0 fully saturated rings. The molecule has 0 aliphatic carbocycles. The van der Waals surface area contributed by atoms with Crippen LogP contribution in [0.5, 0.6) is 0 Å². The SMILES string of the molecule is C=CC(=O)Nc1cc(-c2nc(Nc3ncc(C)s3)cc3c2ccn3CC(F)F)ccc1C. The van der Waals surface area contributed by atoms with Gasteiger partial charge in [-0.2, -0.15) is 0 Å². The fourth-order valence-electron chi connectivity index (χ4n) is 3.39. The van der Waals surface area contributed by atoms with Gasteiger partial charge in [0, 0.05) is 40.0 Å². The first-order valence-corrected chi connectivity index (χ1v) is 10.7. The second kappa shape index (κ2) is 8.88. The molecule has 0 spiro atoms. The normalized spacial score (nSPS) is 11.2. The largest absolute Gasteiger partial charge is 0.342 e. The molecule has 0 saturated carbocycles. The topological polar surface area (TPSA) is 71.8 Å². The number of pyridine rings is 1. The van der Waals surface area contributed by atoms with E-state index in [9.17, 15) is 13.6 Å². The molecule has 2 N–H and O–H groups in total. The van der Waals surface area contributed by atoms with Crippen LogP contribution in [0.3, 0.4) is 0 Å². The Morgan fingerprint density at radius 1 is 1.28 bits per heavy atom. The third-order valence-corrected chi connectivity index (χ3v) is 5.74. The van der Waals surface area contributed by atoms with Gasteiger partial charge in [-0.25, -0.2) is 18.7 Å². The van der Waals surface area contributed by atoms with Crippen molar-refractivity contribution in [3.63, 3.8) is 0 Å². The van der Waals surface area contributed by atoms with E-state index in [1.165, 1.54) is 22.0 Å². The van der Waals surface area contributed by atoms with Crippen LogP contribution in [0, 0.1) is 13.8 Å². The average molecular weight is 454 g/mol. The summed E-state index contributed by atoms with van der Waals surface area (Å²) in [6.07, 6.45) is 2.10. The number of nitrogens with one attached hydrogen (secondary N) is 2. The molecule has 0 atom stereocenters. The van der Waals surface area contributed by atoms with Gasteiger partial charge < -0.3 is 15.2 Å². The lowest BCUT2D eigenvalue weighted by Gasteiger charge is -2.13. The van der Waals surface area contributed by atoms with E-state index in [1.54, 1.807) is 24.5 Å². The molecule has 0 saturated heterocycles. The molecule has 6 nitrogen and oxygen atoms in total. The van der Waals surface area contributed by atoms with Crippen LogP contribution in [0.15, 0.2) is 55.4 Å². The second-order valence-electron chi connectivity index (χ2n) is 7.27. The number of alkyl halides is 2. The lowest BCUT2D eigenvalue weighted by molar-refractivity contribution is -0.111. The van der Waals surface area contributed by atoms with Crippen LogP contribution in [0.1, 0.15) is 10.4 Å². The van der Waals surface area contributed by atoms with Gasteiger partial charge in [0.05, 0.1) is 17.8 Å². The van der Waals surface area contributed by atoms with Crippen molar-refractivity contribution in [2.24, 2.45) is 0 Å². The summed E-state index contributed by atoms with van der Waals surface area (Å²) < 4.78 is 27.8. The van der Waals surface area contributed by atoms with Gasteiger partial charge in [-0.3, -0.25) is 4.79 Å². The quantitative estimate of drug-likeness (QED) is 0.341. The molecular weight excluding hydrogens is 432 g/mol. The lowest BCUT2D eigenvalue weighted by atomic mass is 10.0. The maximum Gasteiger partial charge on any atom is 0.256 e. The van der Waals surface area contributed by atoms with Crippen molar-refractivity contribution in [3.8, 4) is 11.3 Å². The van der Waals surface area contributed by atoms with Crippen molar-refractivity contribution in [1.29, 1.82) is 0 Å². The number of amides is 1. The number of hydrogen-bond acceptors (Lipinski definition) is 5. The monoisotopic (exact) mass is 453 g/mol. The van der Waals surface area contributed by atoms with E-state index < -0.39 is 13.0 Å². The Morgan fingerprint density at radius 2 is 2.09 bits per heavy atom. The average Bonchev–Trinajstić information content (AvgIpc) is 3.34. The Morgan fingerprint density at radius 3 is 2.78 bits per heavy atom. The van der Waals surface area contributed by atoms with Gasteiger partial charge in [0.2, 0.25) is 5.91 Å². The molecule has 0 radical (unpaired) electrons. The number of halogens is 2. The standard InChI is InChI=1S/C23H21F2N5OS/c1-4-21(31)27-17-9-15(6-5-13(17)2)22-16-7-8-30(12-19(24)25)18(16)10-20(28-22)29-23-26-11-14(3)32-23/h4-11,19H,1,12H2,2-3H3,(H,27,31)(H,26,28,29). The van der Waals surface area contributed by atoms with E-state index in [0.29, 0.717) is 27.8 Å². The van der Waals surface area contributed by atoms with Gasteiger partial charge in [-0.1, -0.05) is 18.7 Å². The van der Waals surface area contributed by atoms with Crippen LogP contribution in [-0.2, 0) is 11.3 Å². The minimum absolute atomic E-state index is 0.319. The van der Waals surface area contributed by atoms with Gasteiger partial charge in [0.15, 0.2) is 5.13 Å². The molecule has 0 bridgehead atoms. The van der Waals surface area contributed by atoms with Crippen molar-refractivity contribution >= 4 is 44.8 Å². The summed E-state index contributed by atoms with van der Waals surface area (Å²) in [6, 6.07) is 9.11. The molecule has 1 amide bonds. The highest BCUT2D eigenvalue weighted by Gasteiger charge is 2.16. The molecule has 3 heterocycles. The van der Waals surface area contributed by atoms with Crippen molar-refractivity contribution in [1.82, 2.24) is 14.5 Å². The smallest absolute Gasteiger partial charge is 0.256 e. The molecule has 4 rings (SSSR count). The van der Waals surface area contributed by atoms with E-state index >= 15 is 0 Å². The highest BCUT2D eigenvalue weighted by molar-refractivity contribution is 7.15. The number of carbonyl (C=O) groups excluding carboxylic acids is 1. The summed E-state index contributed by atoms with van der Waals surface area (Å²) >= 11 is 1.47. The number of benzene rings is 1. The second-order valence-corrected chi connectivity index (χ2v) is 8.51. The van der Waals surface area contributed by atoms with Crippen LogP contribution in [0.4, 0.5) is 25.4 Å². The Hall–Kier alpha value is -3.59. The Balaban J connectivity index is 1.85. The zero-order valence-corrected chi connectivity index (χ0v) is 18.3. The first-order valence-electron chi connectivity index (χ1n) is 9.86. The summed E-state index contributed by atoms with van der Waals surface area (Å²) in [5, 5.41) is 7.37. The highest BCUT2D eigenvalue weighted by Crippen LogP contribution is 2.34.